The van der Waals surface area contributed by atoms with E-state index in [9.17, 15) is 9.59 Å². The zero-order valence-corrected chi connectivity index (χ0v) is 25.6. The number of benzene rings is 2. The number of anilines is 2. The monoisotopic (exact) mass is 590 g/mol. The molecule has 2 amide bonds. The average molecular weight is 591 g/mol. The number of methoxy groups -OCH3 is 2. The number of ether oxygens (including phenoxy) is 4. The van der Waals surface area contributed by atoms with E-state index in [2.05, 4.69) is 10.6 Å². The molecule has 43 heavy (non-hydrogen) atoms. The molecule has 0 spiro atoms. The molecule has 2 aromatic carbocycles. The predicted molar refractivity (Wildman–Crippen MR) is 166 cm³/mol. The zero-order valence-electron chi connectivity index (χ0n) is 25.6. The Morgan fingerprint density at radius 3 is 1.49 bits per heavy atom. The maximum absolute atomic E-state index is 12.7. The molecule has 0 aromatic heterocycles. The minimum absolute atomic E-state index is 0.0759. The van der Waals surface area contributed by atoms with Crippen LogP contribution in [0.2, 0.25) is 0 Å². The molecule has 4 saturated carbocycles. The third kappa shape index (κ3) is 7.22. The Bertz CT molecular complexity index is 1200. The number of rotatable bonds is 14. The Morgan fingerprint density at radius 1 is 0.651 bits per heavy atom. The third-order valence-electron chi connectivity index (χ3n) is 10.4. The Kier molecular flexibility index (Phi) is 9.29. The van der Waals surface area contributed by atoms with E-state index in [1.54, 1.807) is 14.2 Å². The summed E-state index contributed by atoms with van der Waals surface area (Å²) in [6.45, 7) is 0.873. The number of carbonyl (C=O) groups excluding carboxylic acids is 2. The fourth-order valence-electron chi connectivity index (χ4n) is 8.31. The summed E-state index contributed by atoms with van der Waals surface area (Å²) < 4.78 is 23.0. The van der Waals surface area contributed by atoms with Gasteiger partial charge in [-0.05, 0) is 98.3 Å². The summed E-state index contributed by atoms with van der Waals surface area (Å²) in [6, 6.07) is 11.0. The lowest BCUT2D eigenvalue weighted by Crippen LogP contribution is -2.20. The van der Waals surface area contributed by atoms with Crippen molar-refractivity contribution in [2.24, 2.45) is 35.5 Å². The summed E-state index contributed by atoms with van der Waals surface area (Å²) in [5.74, 6) is 6.78. The minimum Gasteiger partial charge on any atom is -0.493 e. The molecular weight excluding hydrogens is 544 g/mol. The van der Waals surface area contributed by atoms with E-state index in [1.165, 1.54) is 51.4 Å². The minimum atomic E-state index is 0.0759. The molecule has 4 fully saturated rings. The van der Waals surface area contributed by atoms with Gasteiger partial charge in [-0.3, -0.25) is 9.59 Å². The van der Waals surface area contributed by atoms with E-state index in [-0.39, 0.29) is 11.8 Å². The van der Waals surface area contributed by atoms with Gasteiger partial charge in [-0.15, -0.1) is 0 Å². The van der Waals surface area contributed by atoms with Crippen molar-refractivity contribution in [3.8, 4) is 23.0 Å². The molecule has 4 aliphatic carbocycles. The lowest BCUT2D eigenvalue weighted by Gasteiger charge is -2.21. The topological polar surface area (TPSA) is 95.1 Å². The summed E-state index contributed by atoms with van der Waals surface area (Å²) >= 11 is 0. The first-order valence-corrected chi connectivity index (χ1v) is 16.2. The number of hydrogen-bond donors (Lipinski definition) is 2. The molecule has 4 aliphatic rings. The second-order valence-electron chi connectivity index (χ2n) is 13.2. The van der Waals surface area contributed by atoms with Gasteiger partial charge in [0.1, 0.15) is 0 Å². The molecule has 232 valence electrons. The van der Waals surface area contributed by atoms with Gasteiger partial charge in [0.25, 0.3) is 0 Å². The van der Waals surface area contributed by atoms with Crippen molar-refractivity contribution in [2.45, 2.75) is 70.6 Å². The molecule has 4 bridgehead atoms. The van der Waals surface area contributed by atoms with Gasteiger partial charge in [0.15, 0.2) is 23.0 Å². The molecule has 0 heterocycles. The molecule has 6 rings (SSSR count). The van der Waals surface area contributed by atoms with Gasteiger partial charge < -0.3 is 29.6 Å². The van der Waals surface area contributed by atoms with Crippen molar-refractivity contribution in [1.29, 1.82) is 0 Å². The van der Waals surface area contributed by atoms with Crippen molar-refractivity contribution in [3.63, 3.8) is 0 Å². The molecule has 0 saturated heterocycles. The molecule has 0 radical (unpaired) electrons. The van der Waals surface area contributed by atoms with Crippen molar-refractivity contribution >= 4 is 23.2 Å². The van der Waals surface area contributed by atoms with E-state index in [0.717, 1.165) is 35.0 Å². The molecule has 2 N–H and O–H groups in total. The summed E-state index contributed by atoms with van der Waals surface area (Å²) in [7, 11) is 3.20. The highest BCUT2D eigenvalue weighted by Crippen LogP contribution is 2.50. The Hall–Kier alpha value is -3.42. The van der Waals surface area contributed by atoms with Crippen LogP contribution in [0.1, 0.15) is 70.6 Å². The highest BCUT2D eigenvalue weighted by Gasteiger charge is 2.41. The molecule has 0 aliphatic heterocycles. The van der Waals surface area contributed by atoms with Crippen molar-refractivity contribution in [3.05, 3.63) is 36.4 Å². The second-order valence-corrected chi connectivity index (χ2v) is 13.2. The molecule has 8 heteroatoms. The maximum Gasteiger partial charge on any atom is 0.224 e. The van der Waals surface area contributed by atoms with E-state index >= 15 is 0 Å². The quantitative estimate of drug-likeness (QED) is 0.228. The highest BCUT2D eigenvalue weighted by molar-refractivity contribution is 5.92. The van der Waals surface area contributed by atoms with E-state index in [4.69, 9.17) is 18.9 Å². The first kappa shape index (κ1) is 29.6. The summed E-state index contributed by atoms with van der Waals surface area (Å²) in [5.41, 5.74) is 1.44. The van der Waals surface area contributed by atoms with E-state index < -0.39 is 0 Å². The number of fused-ring (bicyclic) bond motifs is 4. The average Bonchev–Trinajstić information content (AvgIpc) is 3.81. The smallest absolute Gasteiger partial charge is 0.224 e. The van der Waals surface area contributed by atoms with Gasteiger partial charge >= 0.3 is 0 Å². The van der Waals surface area contributed by atoms with Crippen LogP contribution < -0.4 is 29.6 Å². The lowest BCUT2D eigenvalue weighted by molar-refractivity contribution is -0.118. The second kappa shape index (κ2) is 13.5. The van der Waals surface area contributed by atoms with Crippen LogP contribution in [0.25, 0.3) is 0 Å². The summed E-state index contributed by atoms with van der Waals surface area (Å²) in [4.78, 5) is 25.3. The van der Waals surface area contributed by atoms with Gasteiger partial charge in [0, 0.05) is 42.8 Å². The number of hydrogen-bond acceptors (Lipinski definition) is 6. The Balaban J connectivity index is 0.923. The van der Waals surface area contributed by atoms with Crippen molar-refractivity contribution in [1.82, 2.24) is 0 Å². The Morgan fingerprint density at radius 2 is 1.12 bits per heavy atom. The number of amides is 2. The molecule has 2 aromatic rings. The number of carbonyl (C=O) groups is 2. The van der Waals surface area contributed by atoms with Crippen LogP contribution in [-0.2, 0) is 9.59 Å². The summed E-state index contributed by atoms with van der Waals surface area (Å²) in [6.07, 6.45) is 12.1. The standard InChI is InChI=1S/C35H46N2O6/c1-40-32-20-28(36-34(38)18-26-16-22-4-6-24(26)14-22)8-10-30(32)42-12-3-13-43-31-11-9-29(21-33(31)41-2)37-35(39)19-27-17-23-5-7-25(27)15-23/h8-11,20-27H,3-7,12-19H2,1-2H3,(H,36,38)(H,37,39)/t22-,23-,24-,25-,26-,27+/m1/s1. The third-order valence-corrected chi connectivity index (χ3v) is 10.4. The van der Waals surface area contributed by atoms with Crippen LogP contribution in [0, 0.1) is 35.5 Å². The lowest BCUT2D eigenvalue weighted by atomic mass is 9.86. The molecule has 6 atom stereocenters. The predicted octanol–water partition coefficient (Wildman–Crippen LogP) is 7.08. The maximum atomic E-state index is 12.7. The summed E-state index contributed by atoms with van der Waals surface area (Å²) in [5, 5.41) is 6.08. The number of nitrogens with one attached hydrogen (secondary N) is 2. The SMILES string of the molecule is COc1cc(NC(=O)C[C@@H]2C[C@@H]3CC[C@@H]2C3)ccc1OCCCOc1ccc(NC(=O)C[C@H]2C[C@@H]3CC[C@@H]2C3)cc1OC. The van der Waals surface area contributed by atoms with Gasteiger partial charge in [0.2, 0.25) is 11.8 Å². The van der Waals surface area contributed by atoms with Crippen LogP contribution >= 0.6 is 0 Å². The van der Waals surface area contributed by atoms with Crippen LogP contribution in [0.15, 0.2) is 36.4 Å². The van der Waals surface area contributed by atoms with E-state index in [0.29, 0.717) is 67.3 Å². The van der Waals surface area contributed by atoms with Crippen LogP contribution in [0.3, 0.4) is 0 Å². The largest absolute Gasteiger partial charge is 0.493 e. The van der Waals surface area contributed by atoms with Crippen LogP contribution in [-0.4, -0.2) is 39.2 Å². The molecule has 0 unspecified atom stereocenters. The highest BCUT2D eigenvalue weighted by atomic mass is 16.5. The van der Waals surface area contributed by atoms with Crippen LogP contribution in [0.5, 0.6) is 23.0 Å². The molecule has 8 nitrogen and oxygen atoms in total. The Labute approximate surface area is 255 Å². The normalized spacial score (nSPS) is 26.7. The van der Waals surface area contributed by atoms with Crippen LogP contribution in [0.4, 0.5) is 11.4 Å². The van der Waals surface area contributed by atoms with Gasteiger partial charge in [-0.1, -0.05) is 12.8 Å². The van der Waals surface area contributed by atoms with E-state index in [1.807, 2.05) is 36.4 Å². The van der Waals surface area contributed by atoms with Gasteiger partial charge in [-0.25, -0.2) is 0 Å². The fraction of sp³-hybridized carbons (Fsp3) is 0.600. The zero-order chi connectivity index (χ0) is 29.8. The van der Waals surface area contributed by atoms with Crippen molar-refractivity contribution in [2.75, 3.05) is 38.1 Å². The first-order valence-electron chi connectivity index (χ1n) is 16.2. The van der Waals surface area contributed by atoms with Crippen molar-refractivity contribution < 1.29 is 28.5 Å². The van der Waals surface area contributed by atoms with Gasteiger partial charge in [0.05, 0.1) is 27.4 Å². The van der Waals surface area contributed by atoms with Gasteiger partial charge in [-0.2, -0.15) is 0 Å². The molecular formula is C35H46N2O6. The fourth-order valence-corrected chi connectivity index (χ4v) is 8.31. The first-order chi connectivity index (χ1) is 21.0.